The molecule has 0 aliphatic rings. The SMILES string of the molecule is CN(C)C(=O)c1ccc(Cl)cc1C(=O)N(C)C. The summed E-state index contributed by atoms with van der Waals surface area (Å²) >= 11 is 5.85. The van der Waals surface area contributed by atoms with Crippen molar-refractivity contribution < 1.29 is 9.59 Å². The largest absolute Gasteiger partial charge is 0.345 e. The highest BCUT2D eigenvalue weighted by Gasteiger charge is 2.19. The lowest BCUT2D eigenvalue weighted by Gasteiger charge is -2.16. The van der Waals surface area contributed by atoms with Gasteiger partial charge in [-0.15, -0.1) is 0 Å². The summed E-state index contributed by atoms with van der Waals surface area (Å²) in [7, 11) is 6.54. The molecule has 0 aliphatic heterocycles. The van der Waals surface area contributed by atoms with E-state index >= 15 is 0 Å². The van der Waals surface area contributed by atoms with E-state index in [1.807, 2.05) is 0 Å². The maximum atomic E-state index is 11.9. The van der Waals surface area contributed by atoms with E-state index in [1.165, 1.54) is 15.9 Å². The lowest BCUT2D eigenvalue weighted by molar-refractivity contribution is 0.0790. The van der Waals surface area contributed by atoms with Crippen molar-refractivity contribution in [1.29, 1.82) is 0 Å². The van der Waals surface area contributed by atoms with Gasteiger partial charge in [0.2, 0.25) is 0 Å². The Hall–Kier alpha value is -1.55. The third-order valence-electron chi connectivity index (χ3n) is 2.25. The summed E-state index contributed by atoms with van der Waals surface area (Å²) in [5.41, 5.74) is 0.680. The quantitative estimate of drug-likeness (QED) is 0.807. The summed E-state index contributed by atoms with van der Waals surface area (Å²) in [4.78, 5) is 26.7. The minimum absolute atomic E-state index is 0.216. The summed E-state index contributed by atoms with van der Waals surface area (Å²) in [6, 6.07) is 4.69. The van der Waals surface area contributed by atoms with Gasteiger partial charge in [0.15, 0.2) is 0 Å². The molecule has 0 saturated heterocycles. The Labute approximate surface area is 106 Å². The van der Waals surface area contributed by atoms with Gasteiger partial charge in [0.1, 0.15) is 0 Å². The first-order valence-electron chi connectivity index (χ1n) is 5.07. The molecule has 92 valence electrons. The van der Waals surface area contributed by atoms with E-state index in [0.717, 1.165) is 0 Å². The lowest BCUT2D eigenvalue weighted by Crippen LogP contribution is -2.28. The molecular weight excluding hydrogens is 240 g/mol. The first kappa shape index (κ1) is 13.5. The Bertz CT molecular complexity index is 456. The molecule has 1 rings (SSSR count). The summed E-state index contributed by atoms with van der Waals surface area (Å²) < 4.78 is 0. The van der Waals surface area contributed by atoms with Gasteiger partial charge in [-0.25, -0.2) is 0 Å². The minimum Gasteiger partial charge on any atom is -0.345 e. The first-order valence-corrected chi connectivity index (χ1v) is 5.45. The molecule has 0 N–H and O–H groups in total. The van der Waals surface area contributed by atoms with Gasteiger partial charge in [0.25, 0.3) is 11.8 Å². The van der Waals surface area contributed by atoms with E-state index in [1.54, 1.807) is 40.3 Å². The molecule has 0 spiro atoms. The standard InChI is InChI=1S/C12H15ClN2O2/c1-14(2)11(16)9-6-5-8(13)7-10(9)12(17)15(3)4/h5-7H,1-4H3. The molecule has 0 unspecified atom stereocenters. The van der Waals surface area contributed by atoms with Crippen LogP contribution in [0.1, 0.15) is 20.7 Å². The van der Waals surface area contributed by atoms with Gasteiger partial charge in [-0.3, -0.25) is 9.59 Å². The second kappa shape index (κ2) is 5.19. The number of nitrogens with zero attached hydrogens (tertiary/aromatic N) is 2. The van der Waals surface area contributed by atoms with Crippen LogP contribution in [0.3, 0.4) is 0 Å². The zero-order valence-electron chi connectivity index (χ0n) is 10.3. The maximum absolute atomic E-state index is 11.9. The summed E-state index contributed by atoms with van der Waals surface area (Å²) in [5, 5.41) is 0.436. The van der Waals surface area contributed by atoms with Crippen LogP contribution >= 0.6 is 11.6 Å². The van der Waals surface area contributed by atoms with Gasteiger partial charge >= 0.3 is 0 Å². The van der Waals surface area contributed by atoms with Gasteiger partial charge in [-0.2, -0.15) is 0 Å². The van der Waals surface area contributed by atoms with Crippen molar-refractivity contribution in [3.05, 3.63) is 34.3 Å². The minimum atomic E-state index is -0.238. The van der Waals surface area contributed by atoms with Crippen LogP contribution in [0.2, 0.25) is 5.02 Å². The van der Waals surface area contributed by atoms with E-state index in [9.17, 15) is 9.59 Å². The van der Waals surface area contributed by atoms with Crippen LogP contribution in [0.15, 0.2) is 18.2 Å². The smallest absolute Gasteiger partial charge is 0.254 e. The molecule has 0 radical (unpaired) electrons. The average Bonchev–Trinajstić information content (AvgIpc) is 2.26. The van der Waals surface area contributed by atoms with Crippen molar-refractivity contribution in [2.45, 2.75) is 0 Å². The lowest BCUT2D eigenvalue weighted by atomic mass is 10.1. The van der Waals surface area contributed by atoms with Crippen molar-refractivity contribution in [3.63, 3.8) is 0 Å². The van der Waals surface area contributed by atoms with Crippen LogP contribution in [0, 0.1) is 0 Å². The van der Waals surface area contributed by atoms with E-state index in [-0.39, 0.29) is 11.8 Å². The molecule has 17 heavy (non-hydrogen) atoms. The fourth-order valence-electron chi connectivity index (χ4n) is 1.36. The molecule has 2 amide bonds. The Morgan fingerprint density at radius 1 is 0.941 bits per heavy atom. The molecule has 0 aromatic heterocycles. The molecule has 0 atom stereocenters. The number of hydrogen-bond donors (Lipinski definition) is 0. The van der Waals surface area contributed by atoms with Gasteiger partial charge in [-0.05, 0) is 18.2 Å². The number of carbonyl (C=O) groups is 2. The van der Waals surface area contributed by atoms with Crippen molar-refractivity contribution >= 4 is 23.4 Å². The second-order valence-corrected chi connectivity index (χ2v) is 4.53. The van der Waals surface area contributed by atoms with E-state index in [2.05, 4.69) is 0 Å². The summed E-state index contributed by atoms with van der Waals surface area (Å²) in [6.07, 6.45) is 0. The number of rotatable bonds is 2. The molecule has 1 aromatic carbocycles. The fraction of sp³-hybridized carbons (Fsp3) is 0.333. The van der Waals surface area contributed by atoms with Gasteiger partial charge < -0.3 is 9.80 Å². The van der Waals surface area contributed by atoms with Crippen LogP contribution in [0.4, 0.5) is 0 Å². The van der Waals surface area contributed by atoms with Crippen molar-refractivity contribution in [3.8, 4) is 0 Å². The number of benzene rings is 1. The first-order chi connectivity index (χ1) is 7.84. The van der Waals surface area contributed by atoms with Gasteiger partial charge in [-0.1, -0.05) is 11.6 Å². The van der Waals surface area contributed by atoms with Crippen LogP contribution in [-0.2, 0) is 0 Å². The zero-order valence-corrected chi connectivity index (χ0v) is 11.1. The van der Waals surface area contributed by atoms with E-state index < -0.39 is 0 Å². The summed E-state index contributed by atoms with van der Waals surface area (Å²) in [5.74, 6) is -0.454. The number of carbonyl (C=O) groups excluding carboxylic acids is 2. The third-order valence-corrected chi connectivity index (χ3v) is 2.49. The van der Waals surface area contributed by atoms with Gasteiger partial charge in [0, 0.05) is 33.2 Å². The summed E-state index contributed by atoms with van der Waals surface area (Å²) in [6.45, 7) is 0. The number of hydrogen-bond acceptors (Lipinski definition) is 2. The van der Waals surface area contributed by atoms with Crippen LogP contribution in [-0.4, -0.2) is 49.8 Å². The maximum Gasteiger partial charge on any atom is 0.254 e. The molecular formula is C12H15ClN2O2. The Kier molecular flexibility index (Phi) is 4.12. The predicted octanol–water partition coefficient (Wildman–Crippen LogP) is 1.74. The highest BCUT2D eigenvalue weighted by molar-refractivity contribution is 6.31. The van der Waals surface area contributed by atoms with E-state index in [4.69, 9.17) is 11.6 Å². The highest BCUT2D eigenvalue weighted by Crippen LogP contribution is 2.18. The highest BCUT2D eigenvalue weighted by atomic mass is 35.5. The normalized spacial score (nSPS) is 9.94. The number of amides is 2. The monoisotopic (exact) mass is 254 g/mol. The molecule has 0 aliphatic carbocycles. The Balaban J connectivity index is 3.31. The predicted molar refractivity (Wildman–Crippen MR) is 67.5 cm³/mol. The van der Waals surface area contributed by atoms with Crippen molar-refractivity contribution in [2.75, 3.05) is 28.2 Å². The van der Waals surface area contributed by atoms with Gasteiger partial charge in [0.05, 0.1) is 11.1 Å². The molecule has 0 bridgehead atoms. The molecule has 0 fully saturated rings. The Morgan fingerprint density at radius 3 is 1.88 bits per heavy atom. The molecule has 4 nitrogen and oxygen atoms in total. The Morgan fingerprint density at radius 2 is 1.41 bits per heavy atom. The van der Waals surface area contributed by atoms with Crippen LogP contribution in [0.5, 0.6) is 0 Å². The van der Waals surface area contributed by atoms with Crippen LogP contribution < -0.4 is 0 Å². The molecule has 1 aromatic rings. The topological polar surface area (TPSA) is 40.6 Å². The second-order valence-electron chi connectivity index (χ2n) is 4.09. The fourth-order valence-corrected chi connectivity index (χ4v) is 1.53. The van der Waals surface area contributed by atoms with E-state index in [0.29, 0.717) is 16.1 Å². The van der Waals surface area contributed by atoms with Crippen molar-refractivity contribution in [2.24, 2.45) is 0 Å². The van der Waals surface area contributed by atoms with Crippen molar-refractivity contribution in [1.82, 2.24) is 9.80 Å². The molecule has 5 heteroatoms. The number of halogens is 1. The third kappa shape index (κ3) is 2.97. The molecule has 0 saturated carbocycles. The van der Waals surface area contributed by atoms with Crippen LogP contribution in [0.25, 0.3) is 0 Å². The average molecular weight is 255 g/mol. The molecule has 0 heterocycles. The zero-order chi connectivity index (χ0) is 13.2.